The number of morpholine rings is 1. The fraction of sp³-hybridized carbons (Fsp3) is 0.333. The van der Waals surface area contributed by atoms with Gasteiger partial charge >= 0.3 is 5.97 Å². The highest BCUT2D eigenvalue weighted by atomic mass is 16.5. The zero-order chi connectivity index (χ0) is 12.7. The first-order valence-electron chi connectivity index (χ1n) is 5.69. The number of hydrogen-bond donors (Lipinski definition) is 2. The van der Waals surface area contributed by atoms with Crippen LogP contribution < -0.4 is 10.2 Å². The van der Waals surface area contributed by atoms with E-state index in [-0.39, 0.29) is 17.5 Å². The molecule has 1 saturated heterocycles. The van der Waals surface area contributed by atoms with Crippen LogP contribution in [0, 0.1) is 0 Å². The fourth-order valence-corrected chi connectivity index (χ4v) is 2.33. The number of rotatable bonds is 1. The molecule has 1 fully saturated rings. The molecule has 0 aromatic heterocycles. The van der Waals surface area contributed by atoms with Crippen molar-refractivity contribution in [3.63, 3.8) is 0 Å². The van der Waals surface area contributed by atoms with Crippen molar-refractivity contribution in [3.8, 4) is 0 Å². The molecule has 6 nitrogen and oxygen atoms in total. The van der Waals surface area contributed by atoms with Gasteiger partial charge in [-0.3, -0.25) is 4.79 Å². The molecule has 3 rings (SSSR count). The molecule has 1 amide bonds. The monoisotopic (exact) mass is 248 g/mol. The standard InChI is InChI=1S/C12H12N2O4/c15-11-10-6-18-4-3-14(10)9-5-7(12(16)17)1-2-8(9)13-11/h1-2,5,10H,3-4,6H2,(H,13,15)(H,16,17). The maximum Gasteiger partial charge on any atom is 0.335 e. The summed E-state index contributed by atoms with van der Waals surface area (Å²) in [4.78, 5) is 24.7. The fourth-order valence-electron chi connectivity index (χ4n) is 2.33. The number of nitrogens with zero attached hydrogens (tertiary/aromatic N) is 1. The minimum absolute atomic E-state index is 0.106. The van der Waals surface area contributed by atoms with Gasteiger partial charge in [0.1, 0.15) is 6.04 Å². The van der Waals surface area contributed by atoms with E-state index in [0.717, 1.165) is 5.69 Å². The lowest BCUT2D eigenvalue weighted by molar-refractivity contribution is -0.119. The number of carbonyl (C=O) groups is 2. The lowest BCUT2D eigenvalue weighted by atomic mass is 10.1. The summed E-state index contributed by atoms with van der Waals surface area (Å²) in [7, 11) is 0. The van der Waals surface area contributed by atoms with Crippen LogP contribution in [0.1, 0.15) is 10.4 Å². The first kappa shape index (κ1) is 11.0. The lowest BCUT2D eigenvalue weighted by Crippen LogP contribution is -2.54. The zero-order valence-electron chi connectivity index (χ0n) is 9.55. The van der Waals surface area contributed by atoms with Crippen LogP contribution in [0.15, 0.2) is 18.2 Å². The second kappa shape index (κ2) is 3.99. The summed E-state index contributed by atoms with van der Waals surface area (Å²) in [5.41, 5.74) is 1.63. The SMILES string of the molecule is O=C(O)c1ccc2c(c1)N1CCOCC1C(=O)N2. The predicted octanol–water partition coefficient (Wildman–Crippen LogP) is 0.542. The Morgan fingerprint density at radius 3 is 3.11 bits per heavy atom. The van der Waals surface area contributed by atoms with E-state index in [2.05, 4.69) is 5.32 Å². The number of anilines is 2. The maximum atomic E-state index is 11.9. The molecular formula is C12H12N2O4. The van der Waals surface area contributed by atoms with Crippen LogP contribution in [0.3, 0.4) is 0 Å². The zero-order valence-corrected chi connectivity index (χ0v) is 9.55. The van der Waals surface area contributed by atoms with Crippen LogP contribution in [0.5, 0.6) is 0 Å². The Hall–Kier alpha value is -2.08. The summed E-state index contributed by atoms with van der Waals surface area (Å²) < 4.78 is 5.28. The number of fused-ring (bicyclic) bond motifs is 3. The summed E-state index contributed by atoms with van der Waals surface area (Å²) in [5.74, 6) is -1.08. The number of aromatic carboxylic acids is 1. The van der Waals surface area contributed by atoms with E-state index in [0.29, 0.717) is 25.4 Å². The Morgan fingerprint density at radius 1 is 1.50 bits per heavy atom. The first-order valence-corrected chi connectivity index (χ1v) is 5.69. The Morgan fingerprint density at radius 2 is 2.33 bits per heavy atom. The van der Waals surface area contributed by atoms with Crippen molar-refractivity contribution in [1.82, 2.24) is 0 Å². The molecule has 2 aliphatic rings. The van der Waals surface area contributed by atoms with Gasteiger partial charge in [-0.25, -0.2) is 4.79 Å². The largest absolute Gasteiger partial charge is 0.478 e. The molecule has 2 heterocycles. The van der Waals surface area contributed by atoms with Crippen LogP contribution in [-0.2, 0) is 9.53 Å². The van der Waals surface area contributed by atoms with Crippen molar-refractivity contribution in [2.45, 2.75) is 6.04 Å². The first-order chi connectivity index (χ1) is 8.66. The Labute approximate surface area is 103 Å². The second-order valence-corrected chi connectivity index (χ2v) is 4.31. The molecule has 0 saturated carbocycles. The summed E-state index contributed by atoms with van der Waals surface area (Å²) in [6, 6.07) is 4.34. The second-order valence-electron chi connectivity index (χ2n) is 4.31. The van der Waals surface area contributed by atoms with Crippen molar-refractivity contribution >= 4 is 23.3 Å². The van der Waals surface area contributed by atoms with E-state index >= 15 is 0 Å². The maximum absolute atomic E-state index is 11.9. The Kier molecular flexibility index (Phi) is 2.45. The van der Waals surface area contributed by atoms with Crippen LogP contribution in [0.2, 0.25) is 0 Å². The van der Waals surface area contributed by atoms with Gasteiger partial charge in [-0.15, -0.1) is 0 Å². The molecule has 0 radical (unpaired) electrons. The number of amides is 1. The van der Waals surface area contributed by atoms with Crippen molar-refractivity contribution in [2.75, 3.05) is 30.0 Å². The van der Waals surface area contributed by atoms with E-state index in [4.69, 9.17) is 9.84 Å². The highest BCUT2D eigenvalue weighted by molar-refractivity contribution is 6.05. The van der Waals surface area contributed by atoms with Gasteiger partial charge in [-0.2, -0.15) is 0 Å². The topological polar surface area (TPSA) is 78.9 Å². The van der Waals surface area contributed by atoms with Crippen molar-refractivity contribution < 1.29 is 19.4 Å². The lowest BCUT2D eigenvalue weighted by Gasteiger charge is -2.40. The summed E-state index contributed by atoms with van der Waals surface area (Å²) in [6.45, 7) is 1.47. The van der Waals surface area contributed by atoms with Crippen molar-refractivity contribution in [1.29, 1.82) is 0 Å². The smallest absolute Gasteiger partial charge is 0.335 e. The molecule has 1 aromatic carbocycles. The molecule has 0 spiro atoms. The van der Waals surface area contributed by atoms with E-state index in [1.54, 1.807) is 12.1 Å². The van der Waals surface area contributed by atoms with Gasteiger partial charge in [-0.1, -0.05) is 0 Å². The van der Waals surface area contributed by atoms with Gasteiger partial charge in [0.15, 0.2) is 0 Å². The summed E-state index contributed by atoms with van der Waals surface area (Å²) in [6.07, 6.45) is 0. The van der Waals surface area contributed by atoms with Gasteiger partial charge < -0.3 is 20.1 Å². The number of nitrogens with one attached hydrogen (secondary N) is 1. The third kappa shape index (κ3) is 1.62. The quantitative estimate of drug-likeness (QED) is 0.758. The number of carboxylic acids is 1. The van der Waals surface area contributed by atoms with Crippen LogP contribution >= 0.6 is 0 Å². The number of hydrogen-bond acceptors (Lipinski definition) is 4. The summed E-state index contributed by atoms with van der Waals surface area (Å²) >= 11 is 0. The van der Waals surface area contributed by atoms with Gasteiger partial charge in [0.05, 0.1) is 30.2 Å². The highest BCUT2D eigenvalue weighted by Crippen LogP contribution is 2.34. The normalized spacial score (nSPS) is 21.9. The molecule has 18 heavy (non-hydrogen) atoms. The van der Waals surface area contributed by atoms with Crippen LogP contribution in [-0.4, -0.2) is 42.8 Å². The van der Waals surface area contributed by atoms with E-state index in [9.17, 15) is 9.59 Å². The average Bonchev–Trinajstić information content (AvgIpc) is 2.38. The van der Waals surface area contributed by atoms with E-state index in [1.807, 2.05) is 4.90 Å². The molecule has 6 heteroatoms. The molecule has 1 atom stereocenters. The van der Waals surface area contributed by atoms with Gasteiger partial charge in [-0.05, 0) is 18.2 Å². The minimum atomic E-state index is -0.973. The molecule has 2 N–H and O–H groups in total. The number of carboxylic acid groups (broad SMARTS) is 1. The van der Waals surface area contributed by atoms with Crippen LogP contribution in [0.25, 0.3) is 0 Å². The highest BCUT2D eigenvalue weighted by Gasteiger charge is 2.35. The van der Waals surface area contributed by atoms with Crippen LogP contribution in [0.4, 0.5) is 11.4 Å². The van der Waals surface area contributed by atoms with Gasteiger partial charge in [0.25, 0.3) is 0 Å². The summed E-state index contributed by atoms with van der Waals surface area (Å²) in [5, 5.41) is 11.8. The molecule has 1 unspecified atom stereocenters. The molecule has 1 aromatic rings. The van der Waals surface area contributed by atoms with Gasteiger partial charge in [0, 0.05) is 6.54 Å². The molecule has 94 valence electrons. The third-order valence-electron chi connectivity index (χ3n) is 3.24. The van der Waals surface area contributed by atoms with Gasteiger partial charge in [0.2, 0.25) is 5.91 Å². The third-order valence-corrected chi connectivity index (χ3v) is 3.24. The predicted molar refractivity (Wildman–Crippen MR) is 64.0 cm³/mol. The molecule has 0 bridgehead atoms. The number of ether oxygens (including phenoxy) is 1. The van der Waals surface area contributed by atoms with Crippen molar-refractivity contribution in [3.05, 3.63) is 23.8 Å². The van der Waals surface area contributed by atoms with Crippen molar-refractivity contribution in [2.24, 2.45) is 0 Å². The van der Waals surface area contributed by atoms with E-state index < -0.39 is 5.97 Å². The van der Waals surface area contributed by atoms with E-state index in [1.165, 1.54) is 6.07 Å². The Balaban J connectivity index is 2.06. The number of carbonyl (C=O) groups excluding carboxylic acids is 1. The Bertz CT molecular complexity index is 529. The molecule has 0 aliphatic carbocycles. The molecule has 2 aliphatic heterocycles. The minimum Gasteiger partial charge on any atom is -0.478 e. The number of benzene rings is 1. The molecular weight excluding hydrogens is 236 g/mol. The average molecular weight is 248 g/mol.